The van der Waals surface area contributed by atoms with Crippen molar-refractivity contribution in [2.24, 2.45) is 0 Å². The lowest BCUT2D eigenvalue weighted by Crippen LogP contribution is -2.46. The van der Waals surface area contributed by atoms with Crippen LogP contribution in [-0.2, 0) is 14.3 Å². The third kappa shape index (κ3) is 2.18. The lowest BCUT2D eigenvalue weighted by Gasteiger charge is -2.21. The van der Waals surface area contributed by atoms with Crippen molar-refractivity contribution in [1.82, 2.24) is 10.8 Å². The van der Waals surface area contributed by atoms with E-state index in [1.165, 1.54) is 5.48 Å². The molecule has 1 saturated heterocycles. The van der Waals surface area contributed by atoms with Gasteiger partial charge in [0.05, 0.1) is 13.0 Å². The summed E-state index contributed by atoms with van der Waals surface area (Å²) in [5.41, 5.74) is 1.43. The number of ether oxygens (including phenoxy) is 1. The monoisotopic (exact) mass is 174 g/mol. The second kappa shape index (κ2) is 4.03. The van der Waals surface area contributed by atoms with Crippen molar-refractivity contribution in [2.75, 3.05) is 13.2 Å². The fraction of sp³-hybridized carbons (Fsp3) is 0.667. The van der Waals surface area contributed by atoms with Crippen LogP contribution in [0.2, 0.25) is 0 Å². The average Bonchev–Trinajstić information content (AvgIpc) is 2.09. The number of rotatable bonds is 2. The molecule has 0 aliphatic carbocycles. The van der Waals surface area contributed by atoms with Crippen molar-refractivity contribution in [3.63, 3.8) is 0 Å². The van der Waals surface area contributed by atoms with Crippen LogP contribution in [0.4, 0.5) is 0 Å². The van der Waals surface area contributed by atoms with Crippen LogP contribution in [0, 0.1) is 0 Å². The van der Waals surface area contributed by atoms with Gasteiger partial charge >= 0.3 is 0 Å². The predicted molar refractivity (Wildman–Crippen MR) is 37.3 cm³/mol. The third-order valence-corrected chi connectivity index (χ3v) is 1.51. The highest BCUT2D eigenvalue weighted by Crippen LogP contribution is 2.02. The maximum atomic E-state index is 10.9. The summed E-state index contributed by atoms with van der Waals surface area (Å²) in [6, 6.07) is 0. The molecule has 0 saturated carbocycles. The number of hydroxylamine groups is 1. The first-order chi connectivity index (χ1) is 5.74. The van der Waals surface area contributed by atoms with Crippen LogP contribution in [0.3, 0.4) is 0 Å². The maximum absolute atomic E-state index is 10.9. The highest BCUT2D eigenvalue weighted by Gasteiger charge is 2.25. The van der Waals surface area contributed by atoms with Crippen LogP contribution in [0.15, 0.2) is 0 Å². The molecular formula is C6H10N2O4. The molecule has 1 aliphatic heterocycles. The highest BCUT2D eigenvalue weighted by atomic mass is 16.5. The van der Waals surface area contributed by atoms with Crippen molar-refractivity contribution in [3.8, 4) is 0 Å². The number of hydrogen-bond acceptors (Lipinski definition) is 4. The smallest absolute Gasteiger partial charge is 0.249 e. The van der Waals surface area contributed by atoms with Gasteiger partial charge in [0.15, 0.2) is 0 Å². The molecule has 68 valence electrons. The molecule has 0 radical (unpaired) electrons. The first-order valence-corrected chi connectivity index (χ1v) is 3.56. The van der Waals surface area contributed by atoms with E-state index >= 15 is 0 Å². The van der Waals surface area contributed by atoms with Gasteiger partial charge in [-0.15, -0.1) is 0 Å². The maximum Gasteiger partial charge on any atom is 0.249 e. The fourth-order valence-electron chi connectivity index (χ4n) is 0.931. The molecule has 0 unspecified atom stereocenters. The molecule has 3 N–H and O–H groups in total. The summed E-state index contributed by atoms with van der Waals surface area (Å²) >= 11 is 0. The second-order valence-corrected chi connectivity index (χ2v) is 2.39. The van der Waals surface area contributed by atoms with Gasteiger partial charge in [-0.3, -0.25) is 14.8 Å². The van der Waals surface area contributed by atoms with Gasteiger partial charge in [0, 0.05) is 6.54 Å². The van der Waals surface area contributed by atoms with E-state index in [1.54, 1.807) is 0 Å². The first-order valence-electron chi connectivity index (χ1n) is 3.56. The van der Waals surface area contributed by atoms with Crippen LogP contribution in [0.25, 0.3) is 0 Å². The van der Waals surface area contributed by atoms with E-state index in [-0.39, 0.29) is 12.3 Å². The molecule has 1 rings (SSSR count). The third-order valence-electron chi connectivity index (χ3n) is 1.51. The van der Waals surface area contributed by atoms with Gasteiger partial charge < -0.3 is 10.1 Å². The average molecular weight is 174 g/mol. The fourth-order valence-corrected chi connectivity index (χ4v) is 0.931. The van der Waals surface area contributed by atoms with Crippen molar-refractivity contribution >= 4 is 11.8 Å². The van der Waals surface area contributed by atoms with E-state index in [4.69, 9.17) is 9.94 Å². The van der Waals surface area contributed by atoms with E-state index < -0.39 is 12.0 Å². The number of hydrogen-bond donors (Lipinski definition) is 3. The summed E-state index contributed by atoms with van der Waals surface area (Å²) in [5.74, 6) is -0.943. The van der Waals surface area contributed by atoms with E-state index in [9.17, 15) is 9.59 Å². The van der Waals surface area contributed by atoms with Crippen LogP contribution < -0.4 is 10.8 Å². The number of nitrogens with one attached hydrogen (secondary N) is 2. The molecule has 1 aliphatic rings. The summed E-state index contributed by atoms with van der Waals surface area (Å²) in [4.78, 5) is 21.6. The number of carbonyl (C=O) groups excluding carboxylic acids is 2. The van der Waals surface area contributed by atoms with Crippen molar-refractivity contribution in [1.29, 1.82) is 0 Å². The van der Waals surface area contributed by atoms with Crippen molar-refractivity contribution in [3.05, 3.63) is 0 Å². The van der Waals surface area contributed by atoms with Crippen molar-refractivity contribution < 1.29 is 19.5 Å². The Bertz CT molecular complexity index is 194. The van der Waals surface area contributed by atoms with Gasteiger partial charge in [-0.25, -0.2) is 5.48 Å². The summed E-state index contributed by atoms with van der Waals surface area (Å²) < 4.78 is 4.98. The number of morpholine rings is 1. The zero-order valence-electron chi connectivity index (χ0n) is 6.37. The molecule has 0 aromatic heterocycles. The topological polar surface area (TPSA) is 87.7 Å². The molecule has 1 fully saturated rings. The van der Waals surface area contributed by atoms with Gasteiger partial charge in [0.2, 0.25) is 11.8 Å². The van der Waals surface area contributed by atoms with Gasteiger partial charge in [0.1, 0.15) is 6.10 Å². The van der Waals surface area contributed by atoms with Crippen LogP contribution in [-0.4, -0.2) is 36.3 Å². The summed E-state index contributed by atoms with van der Waals surface area (Å²) in [6.07, 6.45) is -0.923. The van der Waals surface area contributed by atoms with Gasteiger partial charge in [0.25, 0.3) is 0 Å². The Morgan fingerprint density at radius 3 is 3.17 bits per heavy atom. The Hall–Kier alpha value is -1.14. The Balaban J connectivity index is 2.39. The molecule has 0 bridgehead atoms. The predicted octanol–water partition coefficient (Wildman–Crippen LogP) is -1.60. The summed E-state index contributed by atoms with van der Waals surface area (Å²) in [6.45, 7) is 0.866. The van der Waals surface area contributed by atoms with Crippen LogP contribution in [0.1, 0.15) is 6.42 Å². The minimum absolute atomic E-state index is 0.150. The molecule has 6 nitrogen and oxygen atoms in total. The normalized spacial score (nSPS) is 23.1. The van der Waals surface area contributed by atoms with Crippen LogP contribution in [0.5, 0.6) is 0 Å². The minimum Gasteiger partial charge on any atom is -0.366 e. The largest absolute Gasteiger partial charge is 0.366 e. The standard InChI is InChI=1S/C6H10N2O4/c9-5(8-11)3-4-6(10)7-1-2-12-4/h4,11H,1-3H2,(H,7,10)(H,8,9)/t4-/m1/s1. The molecule has 0 aromatic carbocycles. The Morgan fingerprint density at radius 1 is 1.83 bits per heavy atom. The molecule has 1 atom stereocenters. The lowest BCUT2D eigenvalue weighted by atomic mass is 10.2. The number of amides is 2. The zero-order valence-corrected chi connectivity index (χ0v) is 6.37. The second-order valence-electron chi connectivity index (χ2n) is 2.39. The minimum atomic E-state index is -0.772. The Labute approximate surface area is 68.8 Å². The quantitative estimate of drug-likeness (QED) is 0.347. The molecule has 1 heterocycles. The molecule has 6 heteroatoms. The Kier molecular flexibility index (Phi) is 3.01. The molecule has 12 heavy (non-hydrogen) atoms. The molecule has 0 spiro atoms. The van der Waals surface area contributed by atoms with Gasteiger partial charge in [-0.05, 0) is 0 Å². The van der Waals surface area contributed by atoms with E-state index in [1.807, 2.05) is 0 Å². The summed E-state index contributed by atoms with van der Waals surface area (Å²) in [5, 5.41) is 10.7. The first kappa shape index (κ1) is 8.95. The Morgan fingerprint density at radius 2 is 2.58 bits per heavy atom. The zero-order chi connectivity index (χ0) is 8.97. The molecule has 2 amide bonds. The SMILES string of the molecule is O=C(C[C@H]1OCCNC1=O)NO. The van der Waals surface area contributed by atoms with Crippen LogP contribution >= 0.6 is 0 Å². The van der Waals surface area contributed by atoms with Gasteiger partial charge in [-0.2, -0.15) is 0 Å². The van der Waals surface area contributed by atoms with Gasteiger partial charge in [-0.1, -0.05) is 0 Å². The summed E-state index contributed by atoms with van der Waals surface area (Å²) in [7, 11) is 0. The van der Waals surface area contributed by atoms with E-state index in [0.717, 1.165) is 0 Å². The lowest BCUT2D eigenvalue weighted by molar-refractivity contribution is -0.144. The molecular weight excluding hydrogens is 164 g/mol. The van der Waals surface area contributed by atoms with E-state index in [0.29, 0.717) is 13.2 Å². The van der Waals surface area contributed by atoms with E-state index in [2.05, 4.69) is 5.32 Å². The highest BCUT2D eigenvalue weighted by molar-refractivity contribution is 5.87. The van der Waals surface area contributed by atoms with Crippen molar-refractivity contribution in [2.45, 2.75) is 12.5 Å². The number of carbonyl (C=O) groups is 2. The molecule has 0 aromatic rings.